The molecule has 0 amide bonds. The predicted molar refractivity (Wildman–Crippen MR) is 94.5 cm³/mol. The van der Waals surface area contributed by atoms with Crippen molar-refractivity contribution in [3.8, 4) is 0 Å². The highest BCUT2D eigenvalue weighted by Crippen LogP contribution is 2.12. The van der Waals surface area contributed by atoms with Crippen LogP contribution in [0.1, 0.15) is 79.1 Å². The first kappa shape index (κ1) is 22.7. The summed E-state index contributed by atoms with van der Waals surface area (Å²) >= 11 is 0. The lowest BCUT2D eigenvalue weighted by Crippen LogP contribution is -1.96. The second kappa shape index (κ2) is 19.4. The zero-order chi connectivity index (χ0) is 16.3. The smallest absolute Gasteiger partial charge is 0.0433 e. The van der Waals surface area contributed by atoms with E-state index in [0.29, 0.717) is 19.1 Å². The van der Waals surface area contributed by atoms with Crippen LogP contribution in [-0.4, -0.2) is 23.4 Å². The monoisotopic (exact) mass is 298 g/mol. The minimum Gasteiger partial charge on any atom is -0.396 e. The Balaban J connectivity index is 0. The Hall–Kier alpha value is -0.600. The van der Waals surface area contributed by atoms with Gasteiger partial charge in [-0.2, -0.15) is 0 Å². The van der Waals surface area contributed by atoms with E-state index >= 15 is 0 Å². The van der Waals surface area contributed by atoms with Crippen molar-refractivity contribution in [2.45, 2.75) is 79.1 Å². The van der Waals surface area contributed by atoms with Crippen molar-refractivity contribution in [3.05, 3.63) is 23.8 Å². The van der Waals surface area contributed by atoms with Gasteiger partial charge in [-0.25, -0.2) is 0 Å². The van der Waals surface area contributed by atoms with E-state index in [1.807, 2.05) is 0 Å². The Labute approximate surface area is 133 Å². The summed E-state index contributed by atoms with van der Waals surface area (Å²) in [6.07, 6.45) is 15.4. The molecule has 0 aliphatic rings. The van der Waals surface area contributed by atoms with E-state index < -0.39 is 0 Å². The third-order valence-corrected chi connectivity index (χ3v) is 3.52. The highest BCUT2D eigenvalue weighted by molar-refractivity contribution is 5.00. The van der Waals surface area contributed by atoms with E-state index in [1.165, 1.54) is 12.8 Å². The molecule has 0 aromatic heterocycles. The van der Waals surface area contributed by atoms with Gasteiger partial charge in [0.1, 0.15) is 0 Å². The maximum Gasteiger partial charge on any atom is 0.0433 e. The molecule has 0 fully saturated rings. The first-order valence-corrected chi connectivity index (χ1v) is 8.70. The number of rotatable bonds is 11. The summed E-state index contributed by atoms with van der Waals surface area (Å²) in [5, 5.41) is 17.1. The zero-order valence-electron chi connectivity index (χ0n) is 14.8. The minimum atomic E-state index is 0.322. The molecular formula is C19H38O2. The highest BCUT2D eigenvalue weighted by Gasteiger charge is 1.98. The van der Waals surface area contributed by atoms with E-state index in [9.17, 15) is 0 Å². The minimum absolute atomic E-state index is 0.322. The lowest BCUT2D eigenvalue weighted by molar-refractivity contribution is 0.263. The Morgan fingerprint density at radius 2 is 1.62 bits per heavy atom. The second-order valence-electron chi connectivity index (χ2n) is 5.52. The van der Waals surface area contributed by atoms with Crippen molar-refractivity contribution < 1.29 is 10.2 Å². The summed E-state index contributed by atoms with van der Waals surface area (Å²) in [5.41, 5.74) is 1.54. The van der Waals surface area contributed by atoms with Crippen LogP contribution in [0, 0.1) is 5.92 Å². The molecule has 0 aliphatic carbocycles. The van der Waals surface area contributed by atoms with Gasteiger partial charge in [0.25, 0.3) is 0 Å². The average Bonchev–Trinajstić information content (AvgIpc) is 2.49. The fraction of sp³-hybridized carbons (Fsp3) is 0.789. The van der Waals surface area contributed by atoms with Crippen LogP contribution in [0.4, 0.5) is 0 Å². The van der Waals surface area contributed by atoms with Gasteiger partial charge in [0.05, 0.1) is 0 Å². The summed E-state index contributed by atoms with van der Waals surface area (Å²) in [6, 6.07) is 0. The molecular weight excluding hydrogens is 260 g/mol. The fourth-order valence-electron chi connectivity index (χ4n) is 1.90. The molecule has 2 heteroatoms. The standard InChI is InChI=1S/C11H22O.C8H16O/c1-4-11(5-2)7-6-10(3)8-9-12;1-2-3-4-5-6-7-8-9/h7,10,12H,4-6,8-9H2,1-3H3;3-4,9H,2,5-8H2,1H3/b;4-3+. The first-order valence-electron chi connectivity index (χ1n) is 8.70. The molecule has 1 unspecified atom stereocenters. The number of hydrogen-bond donors (Lipinski definition) is 2. The summed E-state index contributed by atoms with van der Waals surface area (Å²) in [6.45, 7) is 9.37. The lowest BCUT2D eigenvalue weighted by Gasteiger charge is -2.07. The third kappa shape index (κ3) is 19.4. The van der Waals surface area contributed by atoms with Gasteiger partial charge >= 0.3 is 0 Å². The molecule has 0 saturated carbocycles. The molecule has 0 aromatic rings. The highest BCUT2D eigenvalue weighted by atomic mass is 16.3. The van der Waals surface area contributed by atoms with Gasteiger partial charge in [0.15, 0.2) is 0 Å². The SMILES string of the molecule is CC/C=C/CCCCO.CCC(=CCC(C)CCO)CC. The predicted octanol–water partition coefficient (Wildman–Crippen LogP) is 5.26. The van der Waals surface area contributed by atoms with E-state index in [1.54, 1.807) is 5.57 Å². The molecule has 21 heavy (non-hydrogen) atoms. The van der Waals surface area contributed by atoms with Crippen LogP contribution in [0.2, 0.25) is 0 Å². The van der Waals surface area contributed by atoms with Crippen LogP contribution in [0.5, 0.6) is 0 Å². The number of hydrogen-bond acceptors (Lipinski definition) is 2. The van der Waals surface area contributed by atoms with Crippen LogP contribution >= 0.6 is 0 Å². The molecule has 0 bridgehead atoms. The van der Waals surface area contributed by atoms with Gasteiger partial charge in [-0.1, -0.05) is 51.5 Å². The van der Waals surface area contributed by atoms with Crippen molar-refractivity contribution >= 4 is 0 Å². The molecule has 0 heterocycles. The van der Waals surface area contributed by atoms with Crippen LogP contribution in [0.15, 0.2) is 23.8 Å². The van der Waals surface area contributed by atoms with Crippen molar-refractivity contribution in [1.29, 1.82) is 0 Å². The van der Waals surface area contributed by atoms with E-state index in [2.05, 4.69) is 45.9 Å². The molecule has 0 spiro atoms. The number of aliphatic hydroxyl groups is 2. The Morgan fingerprint density at radius 1 is 0.952 bits per heavy atom. The normalized spacial score (nSPS) is 11.9. The Morgan fingerprint density at radius 3 is 2.10 bits per heavy atom. The number of unbranched alkanes of at least 4 members (excludes halogenated alkanes) is 2. The van der Waals surface area contributed by atoms with Gasteiger partial charge in [-0.05, 0) is 57.3 Å². The maximum absolute atomic E-state index is 8.70. The van der Waals surface area contributed by atoms with Crippen molar-refractivity contribution in [2.24, 2.45) is 5.92 Å². The molecule has 0 aliphatic heterocycles. The zero-order valence-corrected chi connectivity index (χ0v) is 14.8. The molecule has 0 aromatic carbocycles. The summed E-state index contributed by atoms with van der Waals surface area (Å²) in [7, 11) is 0. The molecule has 2 N–H and O–H groups in total. The maximum atomic E-state index is 8.70. The van der Waals surface area contributed by atoms with Gasteiger partial charge in [0.2, 0.25) is 0 Å². The average molecular weight is 299 g/mol. The van der Waals surface area contributed by atoms with Gasteiger partial charge in [-0.3, -0.25) is 0 Å². The fourth-order valence-corrected chi connectivity index (χ4v) is 1.90. The summed E-state index contributed by atoms with van der Waals surface area (Å²) < 4.78 is 0. The van der Waals surface area contributed by atoms with Crippen molar-refractivity contribution in [2.75, 3.05) is 13.2 Å². The molecule has 0 radical (unpaired) electrons. The third-order valence-electron chi connectivity index (χ3n) is 3.52. The van der Waals surface area contributed by atoms with Crippen LogP contribution in [0.3, 0.4) is 0 Å². The van der Waals surface area contributed by atoms with E-state index in [-0.39, 0.29) is 0 Å². The van der Waals surface area contributed by atoms with Crippen molar-refractivity contribution in [1.82, 2.24) is 0 Å². The van der Waals surface area contributed by atoms with Crippen molar-refractivity contribution in [3.63, 3.8) is 0 Å². The Bertz CT molecular complexity index is 238. The number of aliphatic hydroxyl groups excluding tert-OH is 2. The molecule has 1 atom stereocenters. The van der Waals surface area contributed by atoms with E-state index in [0.717, 1.165) is 38.5 Å². The number of allylic oxidation sites excluding steroid dienone is 4. The van der Waals surface area contributed by atoms with Crippen LogP contribution in [0.25, 0.3) is 0 Å². The van der Waals surface area contributed by atoms with Gasteiger partial charge in [0, 0.05) is 13.2 Å². The first-order chi connectivity index (χ1) is 10.2. The second-order valence-corrected chi connectivity index (χ2v) is 5.52. The van der Waals surface area contributed by atoms with Gasteiger partial charge in [-0.15, -0.1) is 0 Å². The Kier molecular flexibility index (Phi) is 20.9. The molecule has 2 nitrogen and oxygen atoms in total. The quantitative estimate of drug-likeness (QED) is 0.403. The topological polar surface area (TPSA) is 40.5 Å². The lowest BCUT2D eigenvalue weighted by atomic mass is 10.0. The van der Waals surface area contributed by atoms with Gasteiger partial charge < -0.3 is 10.2 Å². The summed E-state index contributed by atoms with van der Waals surface area (Å²) in [4.78, 5) is 0. The van der Waals surface area contributed by atoms with Crippen LogP contribution < -0.4 is 0 Å². The largest absolute Gasteiger partial charge is 0.396 e. The van der Waals surface area contributed by atoms with E-state index in [4.69, 9.17) is 10.2 Å². The molecule has 0 rings (SSSR count). The molecule has 126 valence electrons. The summed E-state index contributed by atoms with van der Waals surface area (Å²) in [5.74, 6) is 0.628. The molecule has 0 saturated heterocycles. The van der Waals surface area contributed by atoms with Crippen LogP contribution in [-0.2, 0) is 0 Å².